The first kappa shape index (κ1) is 9.03. The molecule has 2 atom stereocenters. The molecular formula is C8H14N2. The number of nitriles is 1. The fourth-order valence-electron chi connectivity index (χ4n) is 0.573. The molecule has 0 aromatic heterocycles. The summed E-state index contributed by atoms with van der Waals surface area (Å²) in [6.45, 7) is 8.33. The molecule has 0 amide bonds. The molecule has 0 aliphatic carbocycles. The molecule has 56 valence electrons. The van der Waals surface area contributed by atoms with Crippen molar-refractivity contribution in [3.05, 3.63) is 12.8 Å². The van der Waals surface area contributed by atoms with Gasteiger partial charge in [0.25, 0.3) is 0 Å². The van der Waals surface area contributed by atoms with Crippen molar-refractivity contribution >= 4 is 0 Å². The molecule has 2 nitrogen and oxygen atoms in total. The van der Waals surface area contributed by atoms with E-state index in [0.29, 0.717) is 5.92 Å². The van der Waals surface area contributed by atoms with Crippen LogP contribution >= 0.6 is 0 Å². The summed E-state index contributed by atoms with van der Waals surface area (Å²) in [6, 6.07) is 2.20. The molecule has 2 heteroatoms. The second-order valence-corrected chi connectivity index (χ2v) is 2.51. The molecule has 0 radical (unpaired) electrons. The van der Waals surface area contributed by atoms with Crippen molar-refractivity contribution in [2.45, 2.75) is 13.8 Å². The molecule has 0 saturated carbocycles. The molecule has 1 N–H and O–H groups in total. The lowest BCUT2D eigenvalue weighted by Gasteiger charge is -2.12. The molecule has 0 heterocycles. The predicted molar refractivity (Wildman–Crippen MR) is 42.1 cm³/mol. The lowest BCUT2D eigenvalue weighted by atomic mass is 9.98. The topological polar surface area (TPSA) is 35.8 Å². The predicted octanol–water partition coefficient (Wildman–Crippen LogP) is 1.52. The Labute approximate surface area is 62.5 Å². The molecule has 0 aromatic rings. The molecule has 0 spiro atoms. The van der Waals surface area contributed by atoms with Gasteiger partial charge in [-0.1, -0.05) is 13.5 Å². The monoisotopic (exact) mass is 138 g/mol. The molecule has 0 aliphatic rings. The molecule has 10 heavy (non-hydrogen) atoms. The third kappa shape index (κ3) is 3.13. The van der Waals surface area contributed by atoms with Gasteiger partial charge in [-0.15, -0.1) is 0 Å². The Hall–Kier alpha value is -0.970. The first-order valence-electron chi connectivity index (χ1n) is 3.46. The third-order valence-corrected chi connectivity index (χ3v) is 1.64. The van der Waals surface area contributed by atoms with Crippen molar-refractivity contribution in [3.8, 4) is 6.07 Å². The van der Waals surface area contributed by atoms with E-state index >= 15 is 0 Å². The van der Waals surface area contributed by atoms with Crippen LogP contribution in [0.3, 0.4) is 0 Å². The zero-order valence-electron chi connectivity index (χ0n) is 6.59. The Balaban J connectivity index is 3.52. The van der Waals surface area contributed by atoms with Gasteiger partial charge in [0.1, 0.15) is 0 Å². The fraction of sp³-hybridized carbons (Fsp3) is 0.625. The minimum absolute atomic E-state index is 0.118. The minimum atomic E-state index is 0.118. The van der Waals surface area contributed by atoms with E-state index in [1.807, 2.05) is 13.8 Å². The highest BCUT2D eigenvalue weighted by Crippen LogP contribution is 2.07. The van der Waals surface area contributed by atoms with Crippen molar-refractivity contribution < 1.29 is 0 Å². The minimum Gasteiger partial charge on any atom is -0.391 e. The number of nitrogens with one attached hydrogen (secondary N) is 1. The Bertz CT molecular complexity index is 135. The molecule has 0 aliphatic heterocycles. The Kier molecular flexibility index (Phi) is 4.39. The van der Waals surface area contributed by atoms with Gasteiger partial charge >= 0.3 is 0 Å². The summed E-state index contributed by atoms with van der Waals surface area (Å²) >= 11 is 0. The average Bonchev–Trinajstić information content (AvgIpc) is 1.98. The second kappa shape index (κ2) is 4.87. The maximum atomic E-state index is 8.50. The van der Waals surface area contributed by atoms with Gasteiger partial charge in [0, 0.05) is 12.5 Å². The summed E-state index contributed by atoms with van der Waals surface area (Å²) in [5, 5.41) is 11.5. The van der Waals surface area contributed by atoms with Gasteiger partial charge in [0.05, 0.1) is 6.07 Å². The lowest BCUT2D eigenvalue weighted by Crippen LogP contribution is -2.20. The number of hydrogen-bond acceptors (Lipinski definition) is 2. The van der Waals surface area contributed by atoms with E-state index in [1.54, 1.807) is 6.20 Å². The van der Waals surface area contributed by atoms with Crippen molar-refractivity contribution in [2.24, 2.45) is 11.8 Å². The second-order valence-electron chi connectivity index (χ2n) is 2.51. The van der Waals surface area contributed by atoms with E-state index in [-0.39, 0.29) is 5.92 Å². The van der Waals surface area contributed by atoms with Gasteiger partial charge in [-0.2, -0.15) is 5.26 Å². The molecule has 2 unspecified atom stereocenters. The highest BCUT2D eigenvalue weighted by molar-refractivity contribution is 4.84. The maximum Gasteiger partial charge on any atom is 0.0656 e. The number of hydrogen-bond donors (Lipinski definition) is 1. The zero-order valence-corrected chi connectivity index (χ0v) is 6.59. The van der Waals surface area contributed by atoms with Crippen molar-refractivity contribution in [2.75, 3.05) is 6.54 Å². The van der Waals surface area contributed by atoms with Crippen LogP contribution in [0.1, 0.15) is 13.8 Å². The van der Waals surface area contributed by atoms with E-state index < -0.39 is 0 Å². The standard InChI is InChI=1S/C8H14N2/c1-4-10-6-8(3)7(2)5-9/h4,7-8,10H,1,6H2,2-3H3. The molecule has 0 rings (SSSR count). The zero-order chi connectivity index (χ0) is 7.98. The van der Waals surface area contributed by atoms with Crippen LogP contribution in [0, 0.1) is 23.2 Å². The highest BCUT2D eigenvalue weighted by Gasteiger charge is 2.08. The van der Waals surface area contributed by atoms with Gasteiger partial charge in [0.15, 0.2) is 0 Å². The van der Waals surface area contributed by atoms with Crippen molar-refractivity contribution in [1.29, 1.82) is 5.26 Å². The van der Waals surface area contributed by atoms with E-state index in [9.17, 15) is 0 Å². The van der Waals surface area contributed by atoms with Crippen LogP contribution in [0.5, 0.6) is 0 Å². The average molecular weight is 138 g/mol. The van der Waals surface area contributed by atoms with Crippen molar-refractivity contribution in [1.82, 2.24) is 5.32 Å². The van der Waals surface area contributed by atoms with E-state index in [4.69, 9.17) is 5.26 Å². The van der Waals surface area contributed by atoms with Crippen LogP contribution in [0.2, 0.25) is 0 Å². The van der Waals surface area contributed by atoms with Crippen LogP contribution in [-0.4, -0.2) is 6.54 Å². The van der Waals surface area contributed by atoms with Crippen LogP contribution in [0.25, 0.3) is 0 Å². The first-order valence-corrected chi connectivity index (χ1v) is 3.46. The Morgan fingerprint density at radius 3 is 2.70 bits per heavy atom. The molecule has 0 saturated heterocycles. The molecule has 0 fully saturated rings. The highest BCUT2D eigenvalue weighted by atomic mass is 14.8. The van der Waals surface area contributed by atoms with Gasteiger partial charge < -0.3 is 5.32 Å². The first-order chi connectivity index (χ1) is 4.72. The van der Waals surface area contributed by atoms with Gasteiger partial charge in [0.2, 0.25) is 0 Å². The number of rotatable bonds is 4. The van der Waals surface area contributed by atoms with Gasteiger partial charge in [-0.3, -0.25) is 0 Å². The molecule has 0 bridgehead atoms. The van der Waals surface area contributed by atoms with E-state index in [2.05, 4.69) is 18.0 Å². The van der Waals surface area contributed by atoms with Crippen LogP contribution in [0.15, 0.2) is 12.8 Å². The summed E-state index contributed by atoms with van der Waals surface area (Å²) in [4.78, 5) is 0. The SMILES string of the molecule is C=CNCC(C)C(C)C#N. The Morgan fingerprint density at radius 2 is 2.30 bits per heavy atom. The van der Waals surface area contributed by atoms with E-state index in [1.165, 1.54) is 0 Å². The Morgan fingerprint density at radius 1 is 1.70 bits per heavy atom. The summed E-state index contributed by atoms with van der Waals surface area (Å²) in [6.07, 6.45) is 1.65. The normalized spacial score (nSPS) is 14.9. The number of nitrogens with zero attached hydrogens (tertiary/aromatic N) is 1. The summed E-state index contributed by atoms with van der Waals surface area (Å²) in [5.74, 6) is 0.510. The fourth-order valence-corrected chi connectivity index (χ4v) is 0.573. The third-order valence-electron chi connectivity index (χ3n) is 1.64. The lowest BCUT2D eigenvalue weighted by molar-refractivity contribution is 0.456. The van der Waals surface area contributed by atoms with Gasteiger partial charge in [-0.05, 0) is 19.0 Å². The van der Waals surface area contributed by atoms with E-state index in [0.717, 1.165) is 6.54 Å². The molecule has 0 aromatic carbocycles. The van der Waals surface area contributed by atoms with Crippen LogP contribution in [0.4, 0.5) is 0 Å². The van der Waals surface area contributed by atoms with Crippen molar-refractivity contribution in [3.63, 3.8) is 0 Å². The summed E-state index contributed by atoms with van der Waals surface area (Å²) in [7, 11) is 0. The quantitative estimate of drug-likeness (QED) is 0.639. The summed E-state index contributed by atoms with van der Waals surface area (Å²) < 4.78 is 0. The largest absolute Gasteiger partial charge is 0.391 e. The van der Waals surface area contributed by atoms with Gasteiger partial charge in [-0.25, -0.2) is 0 Å². The summed E-state index contributed by atoms with van der Waals surface area (Å²) in [5.41, 5.74) is 0. The van der Waals surface area contributed by atoms with Crippen LogP contribution < -0.4 is 5.32 Å². The van der Waals surface area contributed by atoms with Crippen LogP contribution in [-0.2, 0) is 0 Å². The maximum absolute atomic E-state index is 8.50. The smallest absolute Gasteiger partial charge is 0.0656 e. The molecular weight excluding hydrogens is 124 g/mol.